The van der Waals surface area contributed by atoms with Crippen LogP contribution in [-0.4, -0.2) is 125 Å². The zero-order chi connectivity index (χ0) is 50.1. The lowest BCUT2D eigenvalue weighted by Gasteiger charge is -2.08. The van der Waals surface area contributed by atoms with Crippen LogP contribution in [0.15, 0.2) is 61.6 Å². The lowest BCUT2D eigenvalue weighted by Crippen LogP contribution is -3.05. The fourth-order valence-corrected chi connectivity index (χ4v) is 6.13. The molecule has 5 amide bonds. The van der Waals surface area contributed by atoms with Gasteiger partial charge in [0.1, 0.15) is 17.1 Å². The summed E-state index contributed by atoms with van der Waals surface area (Å²) in [6.07, 6.45) is 12.3. The second kappa shape index (κ2) is 24.6. The molecule has 0 fully saturated rings. The summed E-state index contributed by atoms with van der Waals surface area (Å²) in [5.41, 5.74) is 7.63. The van der Waals surface area contributed by atoms with E-state index in [1.165, 1.54) is 39.5 Å². The van der Waals surface area contributed by atoms with Crippen molar-refractivity contribution in [1.29, 1.82) is 0 Å². The second-order valence-electron chi connectivity index (χ2n) is 14.9. The van der Waals surface area contributed by atoms with Crippen molar-refractivity contribution in [2.24, 2.45) is 48.0 Å². The molecule has 26 nitrogen and oxygen atoms in total. The van der Waals surface area contributed by atoms with Gasteiger partial charge in [-0.15, -0.1) is 0 Å². The van der Waals surface area contributed by atoms with Crippen molar-refractivity contribution in [2.75, 3.05) is 62.5 Å². The van der Waals surface area contributed by atoms with Crippen molar-refractivity contribution in [2.45, 2.75) is 13.3 Å². The molecule has 0 bridgehead atoms. The van der Waals surface area contributed by atoms with Crippen LogP contribution in [0.4, 0.5) is 23.0 Å². The van der Waals surface area contributed by atoms with Crippen LogP contribution in [0.2, 0.25) is 0 Å². The van der Waals surface area contributed by atoms with E-state index >= 15 is 0 Å². The van der Waals surface area contributed by atoms with Gasteiger partial charge in [-0.25, -0.2) is 9.97 Å². The number of rotatable bonds is 15. The van der Waals surface area contributed by atoms with Crippen molar-refractivity contribution in [3.05, 3.63) is 106 Å². The Kier molecular flexibility index (Phi) is 19.5. The van der Waals surface area contributed by atoms with E-state index in [4.69, 9.17) is 10.1 Å². The summed E-state index contributed by atoms with van der Waals surface area (Å²) < 4.78 is 14.2. The van der Waals surface area contributed by atoms with Crippen molar-refractivity contribution < 1.29 is 43.3 Å². The predicted molar refractivity (Wildman–Crippen MR) is 247 cm³/mol. The minimum absolute atomic E-state index is 0.0511. The van der Waals surface area contributed by atoms with Crippen molar-refractivity contribution >= 4 is 59.0 Å². The van der Waals surface area contributed by atoms with Crippen molar-refractivity contribution in [1.82, 2.24) is 47.7 Å². The molecular weight excluding hydrogens is 875 g/mol. The molecule has 0 aromatic carbocycles. The Morgan fingerprint density at radius 2 is 1.19 bits per heavy atom. The molecule has 0 aliphatic rings. The molecule has 0 unspecified atom stereocenters. The van der Waals surface area contributed by atoms with Crippen LogP contribution in [0.25, 0.3) is 0 Å². The standard InChI is InChI=1S/C23H32N8O3.C16H17N7O4.CH3NO2.CH5N/c1-15-10-17(29(4)12-15)22(33)27-19-14-31(6)20(26-19)23(34)25-16-11-18(30(5)13-16)21(32)24-8-7-9-28(2)3;1-21-5-4-17-13(21)15(26)18-10-6-11(22(2)7-10)14(25)19-12-8-23(3)16(20-12)27-9-24;1-2(3)4;1-2/h10-14H,7-9H2,1-6H3,(H,24,32)(H,25,34)(H,27,33);4-9H,1-3H3,(H,18,26)(H,19,25);1H3;2H2,1H3/p+1. The van der Waals surface area contributed by atoms with Crippen LogP contribution in [0.5, 0.6) is 6.01 Å². The average molecular weight is 933 g/mol. The molecule has 67 heavy (non-hydrogen) atoms. The van der Waals surface area contributed by atoms with Crippen molar-refractivity contribution in [3.63, 3.8) is 0 Å². The fraction of sp³-hybridized carbons (Fsp3) is 0.341. The molecule has 0 radical (unpaired) electrons. The Labute approximate surface area is 385 Å². The molecule has 0 saturated heterocycles. The van der Waals surface area contributed by atoms with Crippen LogP contribution >= 0.6 is 0 Å². The number of hydrogen-bond donors (Lipinski definition) is 7. The molecule has 6 aromatic heterocycles. The number of nitro groups is 1. The Morgan fingerprint density at radius 1 is 0.701 bits per heavy atom. The van der Waals surface area contributed by atoms with Crippen LogP contribution < -0.4 is 42.0 Å². The second-order valence-corrected chi connectivity index (χ2v) is 14.9. The van der Waals surface area contributed by atoms with Gasteiger partial charge in [0.2, 0.25) is 5.82 Å². The minimum atomic E-state index is -0.500. The third-order valence-corrected chi connectivity index (χ3v) is 9.08. The van der Waals surface area contributed by atoms with E-state index in [-0.39, 0.29) is 53.5 Å². The summed E-state index contributed by atoms with van der Waals surface area (Å²) in [6.45, 7) is 3.71. The Hall–Kier alpha value is -8.39. The zero-order valence-electron chi connectivity index (χ0n) is 39.2. The van der Waals surface area contributed by atoms with E-state index in [1.807, 2.05) is 13.1 Å². The van der Waals surface area contributed by atoms with Crippen LogP contribution in [0, 0.1) is 17.0 Å². The SMILES string of the molecule is CN.C[N+](=O)[O-].Cc1cc(C(=O)Nc2cn(C)c(C(=O)Nc3cc(C(=O)NCCC[NH+](C)C)n(C)c3)n2)n(C)c1.Cn1cc(NC(=O)c2nccn2C)cc1C(=O)Nc1cn(C)c(OC=O)n1. The van der Waals surface area contributed by atoms with Gasteiger partial charge >= 0.3 is 12.5 Å². The summed E-state index contributed by atoms with van der Waals surface area (Å²) in [7, 11) is 16.7. The molecular formula is C41H58N17O9+. The smallest absolute Gasteiger partial charge is 0.305 e. The Balaban J connectivity index is 0.000000324. The number of hydrogen-bond acceptors (Lipinski definition) is 13. The van der Waals surface area contributed by atoms with E-state index in [2.05, 4.69) is 66.1 Å². The first-order valence-corrected chi connectivity index (χ1v) is 20.3. The highest BCUT2D eigenvalue weighted by atomic mass is 16.6. The molecule has 26 heteroatoms. The van der Waals surface area contributed by atoms with E-state index in [0.29, 0.717) is 35.0 Å². The number of quaternary nitrogens is 1. The third kappa shape index (κ3) is 15.4. The van der Waals surface area contributed by atoms with Crippen molar-refractivity contribution in [3.8, 4) is 6.01 Å². The van der Waals surface area contributed by atoms with Gasteiger partial charge < -0.3 is 69.4 Å². The maximum Gasteiger partial charge on any atom is 0.305 e. The first kappa shape index (κ1) is 53.0. The normalized spacial score (nSPS) is 10.3. The molecule has 6 aromatic rings. The number of carbonyl (C=O) groups is 6. The van der Waals surface area contributed by atoms with Gasteiger partial charge in [-0.3, -0.25) is 38.9 Å². The quantitative estimate of drug-likeness (QED) is 0.0313. The number of carbonyl (C=O) groups excluding carboxylic acids is 6. The van der Waals surface area contributed by atoms with E-state index in [0.717, 1.165) is 25.6 Å². The molecule has 0 aliphatic heterocycles. The number of imidazole rings is 3. The molecule has 6 rings (SSSR count). The predicted octanol–water partition coefficient (Wildman–Crippen LogP) is 0.174. The lowest BCUT2D eigenvalue weighted by atomic mass is 10.3. The maximum atomic E-state index is 12.8. The molecule has 6 heterocycles. The Morgan fingerprint density at radius 3 is 1.69 bits per heavy atom. The largest absolute Gasteiger partial charge is 0.394 e. The van der Waals surface area contributed by atoms with Gasteiger partial charge in [0.05, 0.1) is 38.2 Å². The fourth-order valence-electron chi connectivity index (χ4n) is 6.13. The number of nitrogens with two attached hydrogens (primary N) is 1. The summed E-state index contributed by atoms with van der Waals surface area (Å²) >= 11 is 0. The van der Waals surface area contributed by atoms with E-state index in [1.54, 1.807) is 97.5 Å². The van der Waals surface area contributed by atoms with Gasteiger partial charge in [0, 0.05) is 97.4 Å². The molecule has 0 atom stereocenters. The van der Waals surface area contributed by atoms with E-state index in [9.17, 15) is 28.8 Å². The van der Waals surface area contributed by atoms with Gasteiger partial charge in [0.25, 0.3) is 29.5 Å². The van der Waals surface area contributed by atoms with Crippen LogP contribution in [0.1, 0.15) is 64.7 Å². The summed E-state index contributed by atoms with van der Waals surface area (Å²) in [5, 5.41) is 22.5. The molecule has 8 N–H and O–H groups in total. The molecule has 0 aliphatic carbocycles. The number of aromatic nitrogens is 9. The lowest BCUT2D eigenvalue weighted by molar-refractivity contribution is -0.858. The molecule has 0 saturated carbocycles. The highest BCUT2D eigenvalue weighted by Crippen LogP contribution is 2.19. The number of anilines is 4. The first-order valence-electron chi connectivity index (χ1n) is 20.3. The summed E-state index contributed by atoms with van der Waals surface area (Å²) in [5.74, 6) is -0.930. The molecule has 360 valence electrons. The third-order valence-electron chi connectivity index (χ3n) is 9.08. The first-order chi connectivity index (χ1) is 31.7. The molecule has 0 spiro atoms. The van der Waals surface area contributed by atoms with Crippen LogP contribution in [0.3, 0.4) is 0 Å². The number of amides is 5. The average Bonchev–Trinajstić information content (AvgIpc) is 4.12. The summed E-state index contributed by atoms with van der Waals surface area (Å²) in [6, 6.07) is 4.98. The number of ether oxygens (including phenoxy) is 1. The summed E-state index contributed by atoms with van der Waals surface area (Å²) in [4.78, 5) is 94.8. The minimum Gasteiger partial charge on any atom is -0.394 e. The number of aryl methyl sites for hydroxylation is 7. The highest BCUT2D eigenvalue weighted by Gasteiger charge is 2.21. The zero-order valence-corrected chi connectivity index (χ0v) is 39.2. The number of nitrogens with one attached hydrogen (secondary N) is 6. The maximum absolute atomic E-state index is 12.8. The topological polar surface area (TPSA) is 314 Å². The van der Waals surface area contributed by atoms with E-state index < -0.39 is 16.7 Å². The highest BCUT2D eigenvalue weighted by molar-refractivity contribution is 6.07. The Bertz CT molecular complexity index is 2670. The monoisotopic (exact) mass is 932 g/mol. The van der Waals surface area contributed by atoms with Gasteiger partial charge in [0.15, 0.2) is 24.5 Å². The van der Waals surface area contributed by atoms with Gasteiger partial charge in [-0.1, -0.05) is 0 Å². The van der Waals surface area contributed by atoms with Crippen LogP contribution in [-0.2, 0) is 47.1 Å². The van der Waals surface area contributed by atoms with Gasteiger partial charge in [-0.05, 0) is 37.7 Å². The van der Waals surface area contributed by atoms with Gasteiger partial charge in [-0.2, -0.15) is 4.98 Å². The number of nitrogens with zero attached hydrogens (tertiary/aromatic N) is 10.